The van der Waals surface area contributed by atoms with E-state index in [-0.39, 0.29) is 41.4 Å². The zero-order valence-corrected chi connectivity index (χ0v) is 14.3. The normalized spacial score (nSPS) is 16.8. The first-order valence-electron chi connectivity index (χ1n) is 8.32. The predicted octanol–water partition coefficient (Wildman–Crippen LogP) is 1.32. The van der Waals surface area contributed by atoms with Crippen molar-refractivity contribution in [3.8, 4) is 0 Å². The zero-order chi connectivity index (χ0) is 18.7. The molecule has 1 aliphatic rings. The number of ketones is 1. The summed E-state index contributed by atoms with van der Waals surface area (Å²) in [6.07, 6.45) is 0.845. The second-order valence-electron chi connectivity index (χ2n) is 6.31. The van der Waals surface area contributed by atoms with Crippen molar-refractivity contribution in [1.82, 2.24) is 20.4 Å². The van der Waals surface area contributed by atoms with Gasteiger partial charge in [0.2, 0.25) is 5.91 Å². The van der Waals surface area contributed by atoms with E-state index in [9.17, 15) is 18.8 Å². The molecule has 0 unspecified atom stereocenters. The Morgan fingerprint density at radius 1 is 1.35 bits per heavy atom. The third kappa shape index (κ3) is 4.14. The van der Waals surface area contributed by atoms with E-state index in [4.69, 9.17) is 0 Å². The topological polar surface area (TPSA) is 95.2 Å². The van der Waals surface area contributed by atoms with Gasteiger partial charge < -0.3 is 10.2 Å². The number of nitrogens with one attached hydrogen (secondary N) is 2. The highest BCUT2D eigenvalue weighted by atomic mass is 19.1. The molecule has 2 N–H and O–H groups in total. The summed E-state index contributed by atoms with van der Waals surface area (Å²) in [5, 5.41) is 9.07. The number of amides is 2. The number of nitrogens with zero attached hydrogens (tertiary/aromatic N) is 2. The van der Waals surface area contributed by atoms with Crippen LogP contribution in [0.15, 0.2) is 30.3 Å². The Bertz CT molecular complexity index is 831. The van der Waals surface area contributed by atoms with Crippen LogP contribution in [0.2, 0.25) is 0 Å². The predicted molar refractivity (Wildman–Crippen MR) is 91.1 cm³/mol. The number of H-pyrrole nitrogens is 1. The molecular formula is C18H19FN4O3. The number of halogens is 1. The Balaban J connectivity index is 1.52. The maximum absolute atomic E-state index is 12.9. The van der Waals surface area contributed by atoms with E-state index >= 15 is 0 Å². The summed E-state index contributed by atoms with van der Waals surface area (Å²) in [7, 11) is 0. The first-order chi connectivity index (χ1) is 12.4. The van der Waals surface area contributed by atoms with Crippen LogP contribution in [0.25, 0.3) is 0 Å². The molecule has 0 aliphatic carbocycles. The van der Waals surface area contributed by atoms with Crippen molar-refractivity contribution in [2.75, 3.05) is 13.1 Å². The minimum absolute atomic E-state index is 0.0357. The molecule has 8 heteroatoms. The molecule has 2 heterocycles. The minimum atomic E-state index is -0.400. The molecule has 136 valence electrons. The first kappa shape index (κ1) is 17.8. The Morgan fingerprint density at radius 2 is 2.08 bits per heavy atom. The lowest BCUT2D eigenvalue weighted by Gasteiger charge is -2.17. The molecule has 7 nitrogen and oxygen atoms in total. The van der Waals surface area contributed by atoms with Gasteiger partial charge in [-0.15, -0.1) is 0 Å². The number of hydrogen-bond donors (Lipinski definition) is 2. The standard InChI is InChI=1S/C18H19FN4O3/c1-11(24)15-9-16(22-21-15)18(26)20-14-8-17(25)23(10-14)7-6-12-2-4-13(19)5-3-12/h2-5,9,14H,6-8,10H2,1H3,(H,20,26)(H,21,22)/t14-/m0/s1. The van der Waals surface area contributed by atoms with Crippen LogP contribution in [-0.4, -0.2) is 51.8 Å². The zero-order valence-electron chi connectivity index (χ0n) is 14.3. The summed E-state index contributed by atoms with van der Waals surface area (Å²) in [6.45, 7) is 2.29. The highest BCUT2D eigenvalue weighted by Gasteiger charge is 2.30. The van der Waals surface area contributed by atoms with E-state index in [2.05, 4.69) is 15.5 Å². The van der Waals surface area contributed by atoms with Gasteiger partial charge in [-0.1, -0.05) is 12.1 Å². The Morgan fingerprint density at radius 3 is 2.73 bits per heavy atom. The lowest BCUT2D eigenvalue weighted by atomic mass is 10.1. The number of aromatic amines is 1. The molecule has 26 heavy (non-hydrogen) atoms. The Kier molecular flexibility index (Phi) is 5.11. The smallest absolute Gasteiger partial charge is 0.269 e. The van der Waals surface area contributed by atoms with E-state index in [1.54, 1.807) is 17.0 Å². The number of aromatic nitrogens is 2. The molecule has 3 rings (SSSR count). The van der Waals surface area contributed by atoms with Gasteiger partial charge in [-0.05, 0) is 30.2 Å². The molecule has 1 aromatic carbocycles. The van der Waals surface area contributed by atoms with Gasteiger partial charge >= 0.3 is 0 Å². The van der Waals surface area contributed by atoms with E-state index < -0.39 is 5.91 Å². The largest absolute Gasteiger partial charge is 0.346 e. The summed E-state index contributed by atoms with van der Waals surface area (Å²) >= 11 is 0. The summed E-state index contributed by atoms with van der Waals surface area (Å²) in [5.41, 5.74) is 1.33. The van der Waals surface area contributed by atoms with Crippen molar-refractivity contribution in [1.29, 1.82) is 0 Å². The fraction of sp³-hybridized carbons (Fsp3) is 0.333. The van der Waals surface area contributed by atoms with Gasteiger partial charge in [0, 0.05) is 26.4 Å². The van der Waals surface area contributed by atoms with Crippen LogP contribution in [0.3, 0.4) is 0 Å². The molecule has 0 saturated carbocycles. The average molecular weight is 358 g/mol. The molecule has 1 fully saturated rings. The maximum Gasteiger partial charge on any atom is 0.269 e. The van der Waals surface area contributed by atoms with E-state index in [0.29, 0.717) is 19.5 Å². The molecular weight excluding hydrogens is 339 g/mol. The van der Waals surface area contributed by atoms with E-state index in [0.717, 1.165) is 5.56 Å². The van der Waals surface area contributed by atoms with Crippen LogP contribution in [0.4, 0.5) is 4.39 Å². The molecule has 2 amide bonds. The first-order valence-corrected chi connectivity index (χ1v) is 8.32. The van der Waals surface area contributed by atoms with Crippen LogP contribution < -0.4 is 5.32 Å². The van der Waals surface area contributed by atoms with Gasteiger partial charge in [0.05, 0.1) is 6.04 Å². The summed E-state index contributed by atoms with van der Waals surface area (Å²) in [5.74, 6) is -0.960. The van der Waals surface area contributed by atoms with Crippen LogP contribution in [-0.2, 0) is 11.2 Å². The molecule has 2 aromatic rings. The number of hydrogen-bond acceptors (Lipinski definition) is 4. The van der Waals surface area contributed by atoms with Crippen molar-refractivity contribution in [2.24, 2.45) is 0 Å². The van der Waals surface area contributed by atoms with Gasteiger partial charge in [0.1, 0.15) is 17.2 Å². The Hall–Kier alpha value is -3.03. The van der Waals surface area contributed by atoms with Gasteiger partial charge in [0.25, 0.3) is 5.91 Å². The average Bonchev–Trinajstić information content (AvgIpc) is 3.22. The third-order valence-electron chi connectivity index (χ3n) is 4.32. The van der Waals surface area contributed by atoms with Crippen LogP contribution >= 0.6 is 0 Å². The van der Waals surface area contributed by atoms with Crippen molar-refractivity contribution >= 4 is 17.6 Å². The number of Topliss-reactive ketones (excluding diaryl/α,β-unsaturated/α-hetero) is 1. The lowest BCUT2D eigenvalue weighted by Crippen LogP contribution is -2.37. The molecule has 0 bridgehead atoms. The van der Waals surface area contributed by atoms with E-state index in [1.807, 2.05) is 0 Å². The van der Waals surface area contributed by atoms with Gasteiger partial charge in [-0.3, -0.25) is 19.5 Å². The number of likely N-dealkylation sites (tertiary alicyclic amines) is 1. The molecule has 1 saturated heterocycles. The van der Waals surface area contributed by atoms with Gasteiger partial charge in [0.15, 0.2) is 5.78 Å². The van der Waals surface area contributed by atoms with Crippen molar-refractivity contribution in [2.45, 2.75) is 25.8 Å². The SMILES string of the molecule is CC(=O)c1cc(C(=O)N[C@H]2CC(=O)N(CCc3ccc(F)cc3)C2)[nH]n1. The quantitative estimate of drug-likeness (QED) is 0.762. The number of carbonyl (C=O) groups excluding carboxylic acids is 3. The Labute approximate surface area is 149 Å². The van der Waals surface area contributed by atoms with Crippen LogP contribution in [0.5, 0.6) is 0 Å². The molecule has 1 aromatic heterocycles. The van der Waals surface area contributed by atoms with Crippen molar-refractivity contribution in [3.05, 3.63) is 53.1 Å². The number of rotatable bonds is 6. The van der Waals surface area contributed by atoms with Crippen LogP contribution in [0, 0.1) is 5.82 Å². The molecule has 0 spiro atoms. The highest BCUT2D eigenvalue weighted by molar-refractivity contribution is 5.98. The monoisotopic (exact) mass is 358 g/mol. The van der Waals surface area contributed by atoms with Gasteiger partial charge in [-0.2, -0.15) is 5.10 Å². The fourth-order valence-corrected chi connectivity index (χ4v) is 2.88. The maximum atomic E-state index is 12.9. The second kappa shape index (κ2) is 7.47. The van der Waals surface area contributed by atoms with E-state index in [1.165, 1.54) is 25.1 Å². The summed E-state index contributed by atoms with van der Waals surface area (Å²) in [4.78, 5) is 37.2. The second-order valence-corrected chi connectivity index (χ2v) is 6.31. The fourth-order valence-electron chi connectivity index (χ4n) is 2.88. The molecule has 1 atom stereocenters. The lowest BCUT2D eigenvalue weighted by molar-refractivity contribution is -0.127. The van der Waals surface area contributed by atoms with Crippen molar-refractivity contribution < 1.29 is 18.8 Å². The number of benzene rings is 1. The molecule has 0 radical (unpaired) electrons. The third-order valence-corrected chi connectivity index (χ3v) is 4.32. The summed E-state index contributed by atoms with van der Waals surface area (Å²) in [6, 6.07) is 7.27. The summed E-state index contributed by atoms with van der Waals surface area (Å²) < 4.78 is 12.9. The molecule has 1 aliphatic heterocycles. The van der Waals surface area contributed by atoms with Crippen molar-refractivity contribution in [3.63, 3.8) is 0 Å². The highest BCUT2D eigenvalue weighted by Crippen LogP contribution is 2.13. The number of carbonyl (C=O) groups is 3. The van der Waals surface area contributed by atoms with Gasteiger partial charge in [-0.25, -0.2) is 4.39 Å². The minimum Gasteiger partial charge on any atom is -0.346 e. The van der Waals surface area contributed by atoms with Crippen LogP contribution in [0.1, 0.15) is 39.9 Å².